The van der Waals surface area contributed by atoms with Crippen LogP contribution in [0.25, 0.3) is 0 Å². The fraction of sp³-hybridized carbons (Fsp3) is 0.0526. The molecule has 0 aliphatic carbocycles. The molecule has 0 aromatic heterocycles. The van der Waals surface area contributed by atoms with E-state index in [2.05, 4.69) is 91.0 Å². The minimum absolute atomic E-state index is 0.104. The van der Waals surface area contributed by atoms with E-state index in [1.807, 2.05) is 0 Å². The topological polar surface area (TPSA) is 0 Å². The van der Waals surface area contributed by atoms with Crippen LogP contribution in [-0.4, -0.2) is 20.0 Å². The van der Waals surface area contributed by atoms with Crippen LogP contribution in [0.4, 0.5) is 0 Å². The fourth-order valence-electron chi connectivity index (χ4n) is 2.90. The Labute approximate surface area is 139 Å². The molecule has 0 spiro atoms. The first-order chi connectivity index (χ1) is 10.4. The normalized spacial score (nSPS) is 11.9. The van der Waals surface area contributed by atoms with Gasteiger partial charge in [-0.2, -0.15) is 0 Å². The third kappa shape index (κ3) is 2.75. The van der Waals surface area contributed by atoms with Crippen LogP contribution in [0, 0.1) is 0 Å². The van der Waals surface area contributed by atoms with Crippen molar-refractivity contribution in [3.8, 4) is 0 Å². The predicted molar refractivity (Wildman–Crippen MR) is 93.6 cm³/mol. The summed E-state index contributed by atoms with van der Waals surface area (Å²) in [5, 5.41) is 0. The van der Waals surface area contributed by atoms with Crippen LogP contribution in [-0.2, 0) is 3.43 Å². The van der Waals surface area contributed by atoms with E-state index in [0.717, 1.165) is 0 Å². The van der Waals surface area contributed by atoms with E-state index in [4.69, 9.17) is 8.92 Å². The van der Waals surface area contributed by atoms with Crippen molar-refractivity contribution in [1.82, 2.24) is 0 Å². The van der Waals surface area contributed by atoms with Crippen molar-refractivity contribution in [3.63, 3.8) is 0 Å². The van der Waals surface area contributed by atoms with Gasteiger partial charge in [0.05, 0.1) is 0 Å². The molecule has 21 heavy (non-hydrogen) atoms. The van der Waals surface area contributed by atoms with Crippen LogP contribution >= 0.6 is 8.92 Å². The Balaban J connectivity index is 2.29. The molecule has 0 aliphatic rings. The van der Waals surface area contributed by atoms with Crippen molar-refractivity contribution in [2.24, 2.45) is 0 Å². The Hall–Kier alpha value is -1.25. The first-order valence-electron chi connectivity index (χ1n) is 7.10. The summed E-state index contributed by atoms with van der Waals surface area (Å²) in [6.45, 7) is 0. The summed E-state index contributed by atoms with van der Waals surface area (Å²) in [7, 11) is 6.74. The van der Waals surface area contributed by atoms with Gasteiger partial charge in [-0.25, -0.2) is 0 Å². The van der Waals surface area contributed by atoms with E-state index in [0.29, 0.717) is 0 Å². The molecule has 0 aliphatic heterocycles. The summed E-state index contributed by atoms with van der Waals surface area (Å²) in [5.74, 6) is 0. The number of hydrogen-bond donors (Lipinski definition) is 0. The molecule has 0 unspecified atom stereocenters. The summed E-state index contributed by atoms with van der Waals surface area (Å²) < 4.78 is -0.104. The number of benzene rings is 3. The monoisotopic (exact) mass is 400 g/mol. The quantitative estimate of drug-likeness (QED) is 0.453. The molecule has 0 atom stereocenters. The van der Waals surface area contributed by atoms with E-state index in [1.54, 1.807) is 0 Å². The van der Waals surface area contributed by atoms with E-state index in [1.165, 1.54) is 16.7 Å². The van der Waals surface area contributed by atoms with Crippen LogP contribution < -0.4 is 0 Å². The summed E-state index contributed by atoms with van der Waals surface area (Å²) in [6, 6.07) is 32.1. The molecule has 104 valence electrons. The van der Waals surface area contributed by atoms with Gasteiger partial charge in [0.15, 0.2) is 0 Å². The molecular weight excluding hydrogens is 382 g/mol. The van der Waals surface area contributed by atoms with Gasteiger partial charge in [0.2, 0.25) is 0 Å². The maximum atomic E-state index is 6.74. The van der Waals surface area contributed by atoms with Gasteiger partial charge in [-0.05, 0) is 0 Å². The van der Waals surface area contributed by atoms with Gasteiger partial charge in [0, 0.05) is 0 Å². The second-order valence-corrected chi connectivity index (χ2v) is 10.7. The summed E-state index contributed by atoms with van der Waals surface area (Å²) in [6.07, 6.45) is 0. The van der Waals surface area contributed by atoms with E-state index >= 15 is 0 Å². The Kier molecular flexibility index (Phi) is 4.66. The molecule has 2 heteroatoms. The van der Waals surface area contributed by atoms with Gasteiger partial charge in [0.1, 0.15) is 0 Å². The van der Waals surface area contributed by atoms with Gasteiger partial charge < -0.3 is 0 Å². The molecule has 0 fully saturated rings. The number of halogens is 1. The fourth-order valence-corrected chi connectivity index (χ4v) is 9.34. The van der Waals surface area contributed by atoms with Crippen molar-refractivity contribution in [2.45, 2.75) is 3.43 Å². The summed E-state index contributed by atoms with van der Waals surface area (Å²) >= 11 is -1.62. The Morgan fingerprint density at radius 2 is 0.810 bits per heavy atom. The SMILES string of the molecule is [Cl][SnH2][C](c1ccccc1)(c1ccccc1)c1ccccc1. The second-order valence-electron chi connectivity index (χ2n) is 5.14. The Morgan fingerprint density at radius 3 is 1.05 bits per heavy atom. The molecule has 0 N–H and O–H groups in total. The average molecular weight is 400 g/mol. The zero-order chi connectivity index (χ0) is 14.5. The first kappa shape index (κ1) is 14.7. The first-order valence-corrected chi connectivity index (χ1v) is 14.2. The van der Waals surface area contributed by atoms with Crippen LogP contribution in [0.15, 0.2) is 91.0 Å². The number of rotatable bonds is 4. The van der Waals surface area contributed by atoms with Crippen LogP contribution in [0.5, 0.6) is 0 Å². The van der Waals surface area contributed by atoms with Crippen molar-refractivity contribution in [2.75, 3.05) is 0 Å². The molecule has 0 nitrogen and oxygen atoms in total. The Morgan fingerprint density at radius 1 is 0.524 bits per heavy atom. The summed E-state index contributed by atoms with van der Waals surface area (Å²) in [5.41, 5.74) is 3.94. The van der Waals surface area contributed by atoms with Crippen molar-refractivity contribution < 1.29 is 0 Å². The van der Waals surface area contributed by atoms with Gasteiger partial charge in [-0.3, -0.25) is 0 Å². The molecule has 0 amide bonds. The molecule has 3 rings (SSSR count). The third-order valence-electron chi connectivity index (χ3n) is 4.00. The van der Waals surface area contributed by atoms with Crippen LogP contribution in [0.3, 0.4) is 0 Å². The van der Waals surface area contributed by atoms with Gasteiger partial charge in [-0.1, -0.05) is 0 Å². The standard InChI is InChI=1S/C19H15.ClH.Sn.2H/c1-4-10-16(11-5-1)19(17-12-6-2-7-13-17)18-14-8-3-9-15-18;;;;/h1-15H;1H;;;/q;;+1;;/p-1. The van der Waals surface area contributed by atoms with Gasteiger partial charge in [-0.15, -0.1) is 0 Å². The molecular formula is C19H17ClSn. The molecule has 0 bridgehead atoms. The molecule has 0 heterocycles. The van der Waals surface area contributed by atoms with Crippen LogP contribution in [0.2, 0.25) is 0 Å². The van der Waals surface area contributed by atoms with Crippen molar-refractivity contribution in [1.29, 1.82) is 0 Å². The zero-order valence-corrected chi connectivity index (χ0v) is 16.5. The molecule has 3 aromatic carbocycles. The average Bonchev–Trinajstić information content (AvgIpc) is 2.59. The maximum absolute atomic E-state index is 6.74. The molecule has 0 saturated heterocycles. The van der Waals surface area contributed by atoms with Crippen LogP contribution in [0.1, 0.15) is 16.7 Å². The molecule has 3 aromatic rings. The van der Waals surface area contributed by atoms with Gasteiger partial charge >= 0.3 is 140 Å². The summed E-state index contributed by atoms with van der Waals surface area (Å²) in [4.78, 5) is 0. The van der Waals surface area contributed by atoms with E-state index in [-0.39, 0.29) is 3.43 Å². The molecule has 0 radical (unpaired) electrons. The zero-order valence-electron chi connectivity index (χ0n) is 11.7. The van der Waals surface area contributed by atoms with Crippen molar-refractivity contribution >= 4 is 28.9 Å². The molecule has 0 saturated carbocycles. The number of hydrogen-bond acceptors (Lipinski definition) is 0. The Bertz CT molecular complexity index is 584. The minimum atomic E-state index is -1.62. The van der Waals surface area contributed by atoms with E-state index < -0.39 is 20.0 Å². The third-order valence-corrected chi connectivity index (χ3v) is 11.3. The van der Waals surface area contributed by atoms with Gasteiger partial charge in [0.25, 0.3) is 0 Å². The van der Waals surface area contributed by atoms with Crippen molar-refractivity contribution in [3.05, 3.63) is 108 Å². The second kappa shape index (κ2) is 6.67. The predicted octanol–water partition coefficient (Wildman–Crippen LogP) is 4.30. The van der Waals surface area contributed by atoms with E-state index in [9.17, 15) is 0 Å².